The average molecular weight is 486 g/mol. The lowest BCUT2D eigenvalue weighted by Crippen LogP contribution is -2.48. The van der Waals surface area contributed by atoms with Crippen LogP contribution in [0.3, 0.4) is 0 Å². The third-order valence-corrected chi connectivity index (χ3v) is 5.76. The van der Waals surface area contributed by atoms with Gasteiger partial charge in [0, 0.05) is 44.6 Å². The number of benzene rings is 2. The second-order valence-corrected chi connectivity index (χ2v) is 8.72. The van der Waals surface area contributed by atoms with Gasteiger partial charge in [-0.05, 0) is 36.2 Å². The van der Waals surface area contributed by atoms with Crippen molar-refractivity contribution in [2.24, 2.45) is 0 Å². The molecule has 188 valence electrons. The van der Waals surface area contributed by atoms with Crippen molar-refractivity contribution < 1.29 is 28.4 Å². The van der Waals surface area contributed by atoms with Crippen LogP contribution < -0.4 is 14.2 Å². The molecule has 0 unspecified atom stereocenters. The minimum atomic E-state index is -1.22. The maximum atomic E-state index is 13.4. The number of β-amino-alcohol motifs (C(OH)–C–C–N with tert-alkyl or cyclic N) is 1. The number of aromatic nitrogens is 2. The second-order valence-electron chi connectivity index (χ2n) is 8.72. The predicted octanol–water partition coefficient (Wildman–Crippen LogP) is 3.14. The molecule has 0 radical (unpaired) electrons. The number of rotatable bonds is 11. The molecule has 1 atom stereocenters. The molecule has 1 saturated heterocycles. The zero-order valence-electron chi connectivity index (χ0n) is 19.9. The fourth-order valence-corrected chi connectivity index (χ4v) is 4.03. The number of halogens is 1. The minimum absolute atomic E-state index is 0.00211. The van der Waals surface area contributed by atoms with E-state index >= 15 is 0 Å². The molecule has 35 heavy (non-hydrogen) atoms. The number of methoxy groups -OCH3 is 1. The largest absolute Gasteiger partial charge is 0.493 e. The van der Waals surface area contributed by atoms with Gasteiger partial charge in [-0.3, -0.25) is 4.90 Å². The van der Waals surface area contributed by atoms with Crippen molar-refractivity contribution in [3.63, 3.8) is 0 Å². The SMILES string of the molecule is COc1cc(CN2CCOC[C@@](O)(COc3cccc(F)c3)C2)ccc1OCCCn1ccnc1. The van der Waals surface area contributed by atoms with Gasteiger partial charge in [0.25, 0.3) is 0 Å². The molecule has 8 nitrogen and oxygen atoms in total. The molecule has 3 aromatic rings. The van der Waals surface area contributed by atoms with Crippen molar-refractivity contribution in [1.29, 1.82) is 0 Å². The quantitative estimate of drug-likeness (QED) is 0.418. The first-order chi connectivity index (χ1) is 17.0. The Labute approximate surface area is 204 Å². The van der Waals surface area contributed by atoms with Crippen LogP contribution in [-0.4, -0.2) is 71.8 Å². The minimum Gasteiger partial charge on any atom is -0.493 e. The van der Waals surface area contributed by atoms with Gasteiger partial charge in [-0.1, -0.05) is 12.1 Å². The molecular formula is C26H32FN3O5. The molecule has 0 saturated carbocycles. The third-order valence-electron chi connectivity index (χ3n) is 5.76. The Morgan fingerprint density at radius 3 is 2.89 bits per heavy atom. The van der Waals surface area contributed by atoms with Crippen LogP contribution in [0.1, 0.15) is 12.0 Å². The van der Waals surface area contributed by atoms with Gasteiger partial charge in [-0.2, -0.15) is 0 Å². The summed E-state index contributed by atoms with van der Waals surface area (Å²) in [6, 6.07) is 11.8. The van der Waals surface area contributed by atoms with Crippen LogP contribution in [0.2, 0.25) is 0 Å². The van der Waals surface area contributed by atoms with Crippen LogP contribution in [-0.2, 0) is 17.8 Å². The Hall–Kier alpha value is -3.14. The van der Waals surface area contributed by atoms with Gasteiger partial charge in [0.05, 0.1) is 33.3 Å². The van der Waals surface area contributed by atoms with E-state index in [1.165, 1.54) is 12.1 Å². The molecule has 9 heteroatoms. The lowest BCUT2D eigenvalue weighted by atomic mass is 10.1. The van der Waals surface area contributed by atoms with Gasteiger partial charge >= 0.3 is 0 Å². The smallest absolute Gasteiger partial charge is 0.161 e. The van der Waals surface area contributed by atoms with Gasteiger partial charge in [0.1, 0.15) is 23.8 Å². The summed E-state index contributed by atoms with van der Waals surface area (Å²) < 4.78 is 38.2. The summed E-state index contributed by atoms with van der Waals surface area (Å²) >= 11 is 0. The summed E-state index contributed by atoms with van der Waals surface area (Å²) in [5.41, 5.74) is -0.187. The van der Waals surface area contributed by atoms with Crippen molar-refractivity contribution in [1.82, 2.24) is 14.5 Å². The summed E-state index contributed by atoms with van der Waals surface area (Å²) in [4.78, 5) is 6.15. The van der Waals surface area contributed by atoms with E-state index in [4.69, 9.17) is 18.9 Å². The highest BCUT2D eigenvalue weighted by atomic mass is 19.1. The monoisotopic (exact) mass is 485 g/mol. The van der Waals surface area contributed by atoms with Crippen LogP contribution in [0.4, 0.5) is 4.39 Å². The van der Waals surface area contributed by atoms with Crippen LogP contribution >= 0.6 is 0 Å². The molecule has 2 heterocycles. The van der Waals surface area contributed by atoms with Crippen molar-refractivity contribution in [2.45, 2.75) is 25.1 Å². The van der Waals surface area contributed by atoms with E-state index < -0.39 is 5.60 Å². The summed E-state index contributed by atoms with van der Waals surface area (Å²) in [6.07, 6.45) is 6.33. The number of nitrogens with zero attached hydrogens (tertiary/aromatic N) is 3. The first kappa shape index (κ1) is 25.0. The third kappa shape index (κ3) is 7.42. The lowest BCUT2D eigenvalue weighted by molar-refractivity contribution is -0.0647. The molecule has 1 N–H and O–H groups in total. The van der Waals surface area contributed by atoms with E-state index in [1.54, 1.807) is 31.8 Å². The van der Waals surface area contributed by atoms with Gasteiger partial charge in [-0.15, -0.1) is 0 Å². The summed E-state index contributed by atoms with van der Waals surface area (Å²) in [6.45, 7) is 3.67. The van der Waals surface area contributed by atoms with Crippen molar-refractivity contribution in [3.05, 3.63) is 72.6 Å². The lowest BCUT2D eigenvalue weighted by Gasteiger charge is -2.30. The Balaban J connectivity index is 1.32. The maximum Gasteiger partial charge on any atom is 0.161 e. The Bertz CT molecular complexity index is 1060. The molecule has 1 aliphatic heterocycles. The predicted molar refractivity (Wildman–Crippen MR) is 128 cm³/mol. The highest BCUT2D eigenvalue weighted by Crippen LogP contribution is 2.29. The van der Waals surface area contributed by atoms with E-state index in [1.807, 2.05) is 29.0 Å². The number of hydrogen-bond acceptors (Lipinski definition) is 7. The molecule has 1 fully saturated rings. The normalized spacial score (nSPS) is 18.7. The molecule has 0 amide bonds. The van der Waals surface area contributed by atoms with E-state index in [0.717, 1.165) is 18.5 Å². The average Bonchev–Trinajstić information content (AvgIpc) is 3.30. The first-order valence-electron chi connectivity index (χ1n) is 11.7. The molecule has 2 aromatic carbocycles. The van der Waals surface area contributed by atoms with E-state index in [9.17, 15) is 9.50 Å². The fourth-order valence-electron chi connectivity index (χ4n) is 4.03. The molecule has 0 bridgehead atoms. The standard InChI is InChI=1S/C26H32FN3O5/c1-32-25-14-21(6-7-24(25)34-12-3-9-29-10-8-28-20-29)16-30-11-13-33-18-26(31,17-30)19-35-23-5-2-4-22(27)15-23/h2,4-8,10,14-15,20,31H,3,9,11-13,16-19H2,1H3/t26-/m1/s1. The topological polar surface area (TPSA) is 78.2 Å². The summed E-state index contributed by atoms with van der Waals surface area (Å²) in [7, 11) is 1.62. The molecule has 4 rings (SSSR count). The van der Waals surface area contributed by atoms with E-state index in [2.05, 4.69) is 9.88 Å². The summed E-state index contributed by atoms with van der Waals surface area (Å²) in [5.74, 6) is 1.36. The van der Waals surface area contributed by atoms with E-state index in [-0.39, 0.29) is 19.0 Å². The Morgan fingerprint density at radius 2 is 2.09 bits per heavy atom. The van der Waals surface area contributed by atoms with Crippen molar-refractivity contribution in [3.8, 4) is 17.2 Å². The van der Waals surface area contributed by atoms with Crippen molar-refractivity contribution >= 4 is 0 Å². The van der Waals surface area contributed by atoms with Crippen LogP contribution in [0.25, 0.3) is 0 Å². The maximum absolute atomic E-state index is 13.4. The molecule has 1 aromatic heterocycles. The molecular weight excluding hydrogens is 453 g/mol. The summed E-state index contributed by atoms with van der Waals surface area (Å²) in [5, 5.41) is 11.1. The van der Waals surface area contributed by atoms with Crippen LogP contribution in [0.15, 0.2) is 61.2 Å². The molecule has 1 aliphatic rings. The zero-order chi connectivity index (χ0) is 24.5. The van der Waals surface area contributed by atoms with E-state index in [0.29, 0.717) is 50.1 Å². The first-order valence-corrected chi connectivity index (χ1v) is 11.7. The zero-order valence-corrected chi connectivity index (χ0v) is 19.9. The number of aryl methyl sites for hydroxylation is 1. The van der Waals surface area contributed by atoms with Gasteiger partial charge in [0.2, 0.25) is 0 Å². The van der Waals surface area contributed by atoms with Gasteiger partial charge in [0.15, 0.2) is 11.5 Å². The van der Waals surface area contributed by atoms with Gasteiger partial charge < -0.3 is 28.6 Å². The number of aliphatic hydroxyl groups is 1. The van der Waals surface area contributed by atoms with Crippen molar-refractivity contribution in [2.75, 3.05) is 46.6 Å². The molecule has 0 spiro atoms. The number of ether oxygens (including phenoxy) is 4. The number of imidazole rings is 1. The second kappa shape index (κ2) is 12.0. The fraction of sp³-hybridized carbons (Fsp3) is 0.423. The highest BCUT2D eigenvalue weighted by Gasteiger charge is 2.33. The number of hydrogen-bond donors (Lipinski definition) is 1. The highest BCUT2D eigenvalue weighted by molar-refractivity contribution is 5.43. The Morgan fingerprint density at radius 1 is 1.17 bits per heavy atom. The Kier molecular flexibility index (Phi) is 8.57. The van der Waals surface area contributed by atoms with Gasteiger partial charge in [-0.25, -0.2) is 9.37 Å². The van der Waals surface area contributed by atoms with Crippen LogP contribution in [0.5, 0.6) is 17.2 Å². The molecule has 0 aliphatic carbocycles. The van der Waals surface area contributed by atoms with Crippen LogP contribution in [0, 0.1) is 5.82 Å².